The summed E-state index contributed by atoms with van der Waals surface area (Å²) < 4.78 is 18.9. The van der Waals surface area contributed by atoms with Crippen molar-refractivity contribution in [2.75, 3.05) is 19.8 Å². The third-order valence-electron chi connectivity index (χ3n) is 1.82. The number of carbonyl (C=O) groups is 2. The van der Waals surface area contributed by atoms with Gasteiger partial charge in [0.15, 0.2) is 6.29 Å². The molecule has 7 heteroatoms. The van der Waals surface area contributed by atoms with Crippen LogP contribution in [-0.4, -0.2) is 48.9 Å². The minimum atomic E-state index is -2.29. The van der Waals surface area contributed by atoms with Gasteiger partial charge in [0.1, 0.15) is 6.61 Å². The fraction of sp³-hybridized carbons (Fsp3) is 0.778. The van der Waals surface area contributed by atoms with E-state index in [1.165, 1.54) is 0 Å². The van der Waals surface area contributed by atoms with E-state index in [9.17, 15) is 9.59 Å². The molecule has 1 unspecified atom stereocenters. The zero-order chi connectivity index (χ0) is 12.2. The van der Waals surface area contributed by atoms with Crippen molar-refractivity contribution in [3.8, 4) is 0 Å². The molecule has 1 fully saturated rings. The zero-order valence-electron chi connectivity index (χ0n) is 9.10. The second kappa shape index (κ2) is 5.24. The van der Waals surface area contributed by atoms with Crippen molar-refractivity contribution < 1.29 is 33.6 Å². The summed E-state index contributed by atoms with van der Waals surface area (Å²) in [6.07, 6.45) is -1.35. The highest BCUT2D eigenvalue weighted by molar-refractivity contribution is 6.02. The molecule has 7 nitrogen and oxygen atoms in total. The van der Waals surface area contributed by atoms with Crippen LogP contribution in [0.3, 0.4) is 0 Å². The first-order valence-corrected chi connectivity index (χ1v) is 4.91. The Morgan fingerprint density at radius 3 is 2.12 bits per heavy atom. The summed E-state index contributed by atoms with van der Waals surface area (Å²) in [5.41, 5.74) is 0. The maximum atomic E-state index is 11.5. The van der Waals surface area contributed by atoms with Gasteiger partial charge in [-0.1, -0.05) is 0 Å². The molecule has 0 aliphatic carbocycles. The normalized spacial score (nSPS) is 22.8. The van der Waals surface area contributed by atoms with Crippen LogP contribution in [0.25, 0.3) is 0 Å². The zero-order valence-corrected chi connectivity index (χ0v) is 9.10. The standard InChI is InChI=1S/C9H14O7/c1-3-13-7(11)9(8(12)14-4-2)15-5-6(10)16-9/h6,10H,3-5H2,1-2H3. The van der Waals surface area contributed by atoms with Crippen molar-refractivity contribution in [1.82, 2.24) is 0 Å². The molecular formula is C9H14O7. The lowest BCUT2D eigenvalue weighted by Crippen LogP contribution is -2.50. The summed E-state index contributed by atoms with van der Waals surface area (Å²) in [7, 11) is 0. The Hall–Kier alpha value is -1.18. The van der Waals surface area contributed by atoms with Crippen molar-refractivity contribution >= 4 is 11.9 Å². The second-order valence-corrected chi connectivity index (χ2v) is 2.94. The Morgan fingerprint density at radius 2 is 1.81 bits per heavy atom. The first-order chi connectivity index (χ1) is 7.56. The van der Waals surface area contributed by atoms with Gasteiger partial charge in [0.2, 0.25) is 0 Å². The van der Waals surface area contributed by atoms with Gasteiger partial charge in [-0.25, -0.2) is 9.59 Å². The highest BCUT2D eigenvalue weighted by Gasteiger charge is 2.58. The van der Waals surface area contributed by atoms with Gasteiger partial charge >= 0.3 is 17.7 Å². The maximum absolute atomic E-state index is 11.5. The third kappa shape index (κ3) is 2.31. The van der Waals surface area contributed by atoms with E-state index in [2.05, 4.69) is 9.47 Å². The van der Waals surface area contributed by atoms with E-state index < -0.39 is 24.0 Å². The average Bonchev–Trinajstić information content (AvgIpc) is 2.63. The van der Waals surface area contributed by atoms with Crippen LogP contribution in [0.2, 0.25) is 0 Å². The number of carbonyl (C=O) groups excluding carboxylic acids is 2. The topological polar surface area (TPSA) is 91.3 Å². The average molecular weight is 234 g/mol. The summed E-state index contributed by atoms with van der Waals surface area (Å²) in [6.45, 7) is 2.97. The summed E-state index contributed by atoms with van der Waals surface area (Å²) in [6, 6.07) is 0. The summed E-state index contributed by atoms with van der Waals surface area (Å²) in [5.74, 6) is -4.33. The van der Waals surface area contributed by atoms with E-state index in [4.69, 9.17) is 14.6 Å². The molecule has 0 saturated carbocycles. The van der Waals surface area contributed by atoms with Crippen LogP contribution in [0, 0.1) is 0 Å². The van der Waals surface area contributed by atoms with Gasteiger partial charge in [-0.2, -0.15) is 0 Å². The van der Waals surface area contributed by atoms with E-state index in [-0.39, 0.29) is 19.8 Å². The minimum Gasteiger partial charge on any atom is -0.462 e. The molecule has 0 aromatic carbocycles. The predicted molar refractivity (Wildman–Crippen MR) is 49.0 cm³/mol. The molecule has 92 valence electrons. The maximum Gasteiger partial charge on any atom is 0.379 e. The number of hydrogen-bond donors (Lipinski definition) is 1. The van der Waals surface area contributed by atoms with E-state index in [1.54, 1.807) is 13.8 Å². The fourth-order valence-electron chi connectivity index (χ4n) is 1.20. The quantitative estimate of drug-likeness (QED) is 0.501. The lowest BCUT2D eigenvalue weighted by atomic mass is 10.3. The molecule has 0 spiro atoms. The van der Waals surface area contributed by atoms with Crippen LogP contribution in [0.5, 0.6) is 0 Å². The molecule has 1 atom stereocenters. The minimum absolute atomic E-state index is 0.0583. The first-order valence-electron chi connectivity index (χ1n) is 4.91. The van der Waals surface area contributed by atoms with Gasteiger partial charge in [0.25, 0.3) is 0 Å². The van der Waals surface area contributed by atoms with Crippen LogP contribution >= 0.6 is 0 Å². The van der Waals surface area contributed by atoms with Crippen molar-refractivity contribution in [2.24, 2.45) is 0 Å². The smallest absolute Gasteiger partial charge is 0.379 e. The summed E-state index contributed by atoms with van der Waals surface area (Å²) in [5, 5.41) is 9.14. The Kier molecular flexibility index (Phi) is 4.22. The van der Waals surface area contributed by atoms with E-state index in [1.807, 2.05) is 0 Å². The highest BCUT2D eigenvalue weighted by Crippen LogP contribution is 2.26. The molecular weight excluding hydrogens is 220 g/mol. The van der Waals surface area contributed by atoms with Crippen LogP contribution in [0.1, 0.15) is 13.8 Å². The van der Waals surface area contributed by atoms with Crippen LogP contribution in [0.4, 0.5) is 0 Å². The lowest BCUT2D eigenvalue weighted by Gasteiger charge is -2.22. The molecule has 1 saturated heterocycles. The number of aliphatic hydroxyl groups is 1. The van der Waals surface area contributed by atoms with Crippen LogP contribution in [-0.2, 0) is 28.5 Å². The Bertz CT molecular complexity index is 257. The molecule has 0 aromatic heterocycles. The molecule has 1 N–H and O–H groups in total. The number of hydrogen-bond acceptors (Lipinski definition) is 7. The first kappa shape index (κ1) is 12.9. The van der Waals surface area contributed by atoms with E-state index in [0.29, 0.717) is 0 Å². The number of esters is 2. The SMILES string of the molecule is CCOC(=O)C1(C(=O)OCC)OCC(O)O1. The predicted octanol–water partition coefficient (Wildman–Crippen LogP) is -0.826. The van der Waals surface area contributed by atoms with Crippen molar-refractivity contribution in [3.05, 3.63) is 0 Å². The Labute approximate surface area is 92.2 Å². The van der Waals surface area contributed by atoms with Crippen LogP contribution < -0.4 is 0 Å². The molecule has 1 rings (SSSR count). The lowest BCUT2D eigenvalue weighted by molar-refractivity contribution is -0.234. The molecule has 16 heavy (non-hydrogen) atoms. The van der Waals surface area contributed by atoms with Gasteiger partial charge in [-0.3, -0.25) is 4.74 Å². The Balaban J connectivity index is 2.85. The molecule has 0 aromatic rings. The molecule has 1 aliphatic heterocycles. The van der Waals surface area contributed by atoms with E-state index >= 15 is 0 Å². The highest BCUT2D eigenvalue weighted by atomic mass is 16.8. The molecule has 0 amide bonds. The fourth-order valence-corrected chi connectivity index (χ4v) is 1.20. The number of aliphatic hydroxyl groups excluding tert-OH is 1. The molecule has 1 heterocycles. The summed E-state index contributed by atoms with van der Waals surface area (Å²) in [4.78, 5) is 23.1. The van der Waals surface area contributed by atoms with E-state index in [0.717, 1.165) is 0 Å². The monoisotopic (exact) mass is 234 g/mol. The molecule has 0 bridgehead atoms. The van der Waals surface area contributed by atoms with Crippen molar-refractivity contribution in [1.29, 1.82) is 0 Å². The van der Waals surface area contributed by atoms with Gasteiger partial charge < -0.3 is 19.3 Å². The van der Waals surface area contributed by atoms with Crippen molar-refractivity contribution in [2.45, 2.75) is 25.9 Å². The van der Waals surface area contributed by atoms with Gasteiger partial charge in [-0.15, -0.1) is 0 Å². The third-order valence-corrected chi connectivity index (χ3v) is 1.82. The van der Waals surface area contributed by atoms with Gasteiger partial charge in [0.05, 0.1) is 13.2 Å². The Morgan fingerprint density at radius 1 is 1.31 bits per heavy atom. The largest absolute Gasteiger partial charge is 0.462 e. The summed E-state index contributed by atoms with van der Waals surface area (Å²) >= 11 is 0. The number of ether oxygens (including phenoxy) is 4. The second-order valence-electron chi connectivity index (χ2n) is 2.94. The van der Waals surface area contributed by atoms with Crippen LogP contribution in [0.15, 0.2) is 0 Å². The molecule has 0 radical (unpaired) electrons. The van der Waals surface area contributed by atoms with Gasteiger partial charge in [-0.05, 0) is 13.8 Å². The van der Waals surface area contributed by atoms with Crippen molar-refractivity contribution in [3.63, 3.8) is 0 Å². The number of rotatable bonds is 4. The van der Waals surface area contributed by atoms with Gasteiger partial charge in [0, 0.05) is 0 Å². The molecule has 1 aliphatic rings.